The molecule has 122 valence electrons. The van der Waals surface area contributed by atoms with Gasteiger partial charge in [-0.05, 0) is 29.0 Å². The van der Waals surface area contributed by atoms with Crippen molar-refractivity contribution in [2.75, 3.05) is 7.11 Å². The number of esters is 1. The zero-order valence-electron chi connectivity index (χ0n) is 14.0. The van der Waals surface area contributed by atoms with Crippen LogP contribution in [0.25, 0.3) is 11.1 Å². The van der Waals surface area contributed by atoms with Crippen LogP contribution in [0.3, 0.4) is 0 Å². The molecule has 0 fully saturated rings. The van der Waals surface area contributed by atoms with E-state index in [1.165, 1.54) is 18.2 Å². The van der Waals surface area contributed by atoms with Gasteiger partial charge in [-0.2, -0.15) is 0 Å². The molecule has 1 unspecified atom stereocenters. The molecule has 0 radical (unpaired) electrons. The monoisotopic (exact) mass is 312 g/mol. The summed E-state index contributed by atoms with van der Waals surface area (Å²) in [4.78, 5) is 11.8. The largest absolute Gasteiger partial charge is 0.467 e. The van der Waals surface area contributed by atoms with Crippen molar-refractivity contribution in [2.45, 2.75) is 33.0 Å². The Balaban J connectivity index is 1.98. The maximum absolute atomic E-state index is 11.8. The maximum Gasteiger partial charge on any atom is 0.334 e. The highest BCUT2D eigenvalue weighted by Crippen LogP contribution is 2.20. The summed E-state index contributed by atoms with van der Waals surface area (Å²) in [6.07, 6.45) is 0.156. The van der Waals surface area contributed by atoms with E-state index in [4.69, 9.17) is 9.47 Å². The minimum absolute atomic E-state index is 0.306. The van der Waals surface area contributed by atoms with E-state index in [-0.39, 0.29) is 5.97 Å². The number of hydrogen-bond acceptors (Lipinski definition) is 3. The Kier molecular flexibility index (Phi) is 6.36. The topological polar surface area (TPSA) is 35.5 Å². The summed E-state index contributed by atoms with van der Waals surface area (Å²) in [7, 11) is 1.40. The summed E-state index contributed by atoms with van der Waals surface area (Å²) >= 11 is 0. The molecule has 2 aromatic carbocycles. The Bertz CT molecular complexity index is 603. The molecule has 0 aliphatic heterocycles. The Hall–Kier alpha value is -2.13. The van der Waals surface area contributed by atoms with Crippen molar-refractivity contribution in [1.29, 1.82) is 0 Å². The molecule has 2 rings (SSSR count). The van der Waals surface area contributed by atoms with Crippen LogP contribution < -0.4 is 0 Å². The molecule has 0 aliphatic rings. The first-order chi connectivity index (χ1) is 11.1. The summed E-state index contributed by atoms with van der Waals surface area (Å²) in [5.41, 5.74) is 3.40. The Morgan fingerprint density at radius 2 is 1.57 bits per heavy atom. The zero-order valence-corrected chi connectivity index (χ0v) is 14.0. The fourth-order valence-corrected chi connectivity index (χ4v) is 2.41. The van der Waals surface area contributed by atoms with Gasteiger partial charge in [0.1, 0.15) is 0 Å². The van der Waals surface area contributed by atoms with Gasteiger partial charge in [0, 0.05) is 0 Å². The predicted octanol–water partition coefficient (Wildman–Crippen LogP) is 4.46. The van der Waals surface area contributed by atoms with Gasteiger partial charge < -0.3 is 9.47 Å². The van der Waals surface area contributed by atoms with E-state index in [0.717, 1.165) is 5.56 Å². The normalized spacial score (nSPS) is 12.2. The van der Waals surface area contributed by atoms with E-state index in [1.807, 2.05) is 30.3 Å². The van der Waals surface area contributed by atoms with Crippen molar-refractivity contribution in [3.05, 3.63) is 60.2 Å². The molecule has 0 aliphatic carbocycles. The minimum atomic E-state index is -0.506. The first-order valence-corrected chi connectivity index (χ1v) is 7.94. The lowest BCUT2D eigenvalue weighted by Crippen LogP contribution is -2.27. The molecule has 0 bridgehead atoms. The number of benzene rings is 2. The first kappa shape index (κ1) is 17.2. The van der Waals surface area contributed by atoms with E-state index in [2.05, 4.69) is 38.1 Å². The van der Waals surface area contributed by atoms with Crippen LogP contribution in [-0.4, -0.2) is 19.2 Å². The highest BCUT2D eigenvalue weighted by atomic mass is 16.6. The summed E-state index contributed by atoms with van der Waals surface area (Å²) in [6, 6.07) is 18.4. The average molecular weight is 312 g/mol. The van der Waals surface area contributed by atoms with Crippen LogP contribution in [0.1, 0.15) is 25.8 Å². The number of rotatable bonds is 7. The van der Waals surface area contributed by atoms with E-state index >= 15 is 0 Å². The van der Waals surface area contributed by atoms with E-state index in [0.29, 0.717) is 18.9 Å². The summed E-state index contributed by atoms with van der Waals surface area (Å²) in [5.74, 6) is 0.0687. The molecule has 0 spiro atoms. The van der Waals surface area contributed by atoms with Crippen LogP contribution in [-0.2, 0) is 20.9 Å². The molecular formula is C20H24O3. The van der Waals surface area contributed by atoms with E-state index in [9.17, 15) is 4.79 Å². The molecule has 23 heavy (non-hydrogen) atoms. The lowest BCUT2D eigenvalue weighted by Gasteiger charge is -2.17. The second-order valence-corrected chi connectivity index (χ2v) is 6.02. The van der Waals surface area contributed by atoms with Gasteiger partial charge in [-0.25, -0.2) is 4.79 Å². The highest BCUT2D eigenvalue weighted by Gasteiger charge is 2.21. The standard InChI is InChI=1S/C20H24O3/c1-15(2)13-19(20(21)22-3)23-14-16-9-11-18(12-10-16)17-7-5-4-6-8-17/h4-12,15,19H,13-14H2,1-3H3. The Morgan fingerprint density at radius 3 is 2.13 bits per heavy atom. The van der Waals surface area contributed by atoms with Crippen molar-refractivity contribution in [1.82, 2.24) is 0 Å². The average Bonchev–Trinajstić information content (AvgIpc) is 2.59. The smallest absolute Gasteiger partial charge is 0.334 e. The predicted molar refractivity (Wildman–Crippen MR) is 91.9 cm³/mol. The number of methoxy groups -OCH3 is 1. The van der Waals surface area contributed by atoms with Crippen molar-refractivity contribution >= 4 is 5.97 Å². The van der Waals surface area contributed by atoms with Crippen LogP contribution in [0.2, 0.25) is 0 Å². The van der Waals surface area contributed by atoms with Gasteiger partial charge >= 0.3 is 5.97 Å². The van der Waals surface area contributed by atoms with Crippen LogP contribution >= 0.6 is 0 Å². The molecule has 0 saturated heterocycles. The van der Waals surface area contributed by atoms with Gasteiger partial charge in [0.15, 0.2) is 6.10 Å². The maximum atomic E-state index is 11.8. The van der Waals surface area contributed by atoms with Crippen LogP contribution in [0.4, 0.5) is 0 Å². The fourth-order valence-electron chi connectivity index (χ4n) is 2.41. The SMILES string of the molecule is COC(=O)C(CC(C)C)OCc1ccc(-c2ccccc2)cc1. The van der Waals surface area contributed by atoms with Crippen molar-refractivity contribution in [3.63, 3.8) is 0 Å². The molecule has 1 atom stereocenters. The summed E-state index contributed by atoms with van der Waals surface area (Å²) in [6.45, 7) is 4.53. The molecule has 0 N–H and O–H groups in total. The number of hydrogen-bond donors (Lipinski definition) is 0. The minimum Gasteiger partial charge on any atom is -0.467 e. The molecule has 0 amide bonds. The lowest BCUT2D eigenvalue weighted by atomic mass is 10.0. The van der Waals surface area contributed by atoms with Crippen molar-refractivity contribution < 1.29 is 14.3 Å². The van der Waals surface area contributed by atoms with E-state index < -0.39 is 6.10 Å². The Morgan fingerprint density at radius 1 is 0.957 bits per heavy atom. The summed E-state index contributed by atoms with van der Waals surface area (Å²) in [5, 5.41) is 0. The third-order valence-corrected chi connectivity index (χ3v) is 3.66. The molecule has 2 aromatic rings. The summed E-state index contributed by atoms with van der Waals surface area (Å²) < 4.78 is 10.6. The van der Waals surface area contributed by atoms with Gasteiger partial charge in [0.2, 0.25) is 0 Å². The molecule has 0 saturated carbocycles. The second kappa shape index (κ2) is 8.49. The van der Waals surface area contributed by atoms with Crippen molar-refractivity contribution in [2.24, 2.45) is 5.92 Å². The molecule has 3 nitrogen and oxygen atoms in total. The molecule has 0 aromatic heterocycles. The first-order valence-electron chi connectivity index (χ1n) is 7.94. The lowest BCUT2D eigenvalue weighted by molar-refractivity contribution is -0.156. The van der Waals surface area contributed by atoms with Gasteiger partial charge in [-0.1, -0.05) is 68.4 Å². The van der Waals surface area contributed by atoms with Crippen LogP contribution in [0, 0.1) is 5.92 Å². The van der Waals surface area contributed by atoms with Gasteiger partial charge in [-0.3, -0.25) is 0 Å². The van der Waals surface area contributed by atoms with Crippen LogP contribution in [0.5, 0.6) is 0 Å². The van der Waals surface area contributed by atoms with Gasteiger partial charge in [-0.15, -0.1) is 0 Å². The second-order valence-electron chi connectivity index (χ2n) is 6.02. The molecular weight excluding hydrogens is 288 g/mol. The zero-order chi connectivity index (χ0) is 16.7. The third-order valence-electron chi connectivity index (χ3n) is 3.66. The number of ether oxygens (including phenoxy) is 2. The fraction of sp³-hybridized carbons (Fsp3) is 0.350. The highest BCUT2D eigenvalue weighted by molar-refractivity contribution is 5.74. The third kappa shape index (κ3) is 5.22. The quantitative estimate of drug-likeness (QED) is 0.708. The van der Waals surface area contributed by atoms with Gasteiger partial charge in [0.25, 0.3) is 0 Å². The van der Waals surface area contributed by atoms with Crippen LogP contribution in [0.15, 0.2) is 54.6 Å². The number of carbonyl (C=O) groups excluding carboxylic acids is 1. The number of carbonyl (C=O) groups is 1. The van der Waals surface area contributed by atoms with Crippen molar-refractivity contribution in [3.8, 4) is 11.1 Å². The molecule has 0 heterocycles. The van der Waals surface area contributed by atoms with E-state index in [1.54, 1.807) is 0 Å². The molecule has 3 heteroatoms. The Labute approximate surface area is 138 Å². The van der Waals surface area contributed by atoms with Gasteiger partial charge in [0.05, 0.1) is 13.7 Å².